The molecule has 0 N–H and O–H groups in total. The number of rotatable bonds is 5. The third-order valence-electron chi connectivity index (χ3n) is 6.95. The number of anilines is 2. The molecule has 174 valence electrons. The van der Waals surface area contributed by atoms with Gasteiger partial charge in [-0.05, 0) is 81.1 Å². The molecule has 1 aliphatic carbocycles. The van der Waals surface area contributed by atoms with Crippen LogP contribution in [0.2, 0.25) is 0 Å². The van der Waals surface area contributed by atoms with Crippen LogP contribution in [-0.4, -0.2) is 56.6 Å². The first-order chi connectivity index (χ1) is 15.8. The zero-order chi connectivity index (χ0) is 23.3. The fourth-order valence-electron chi connectivity index (χ4n) is 4.87. The van der Waals surface area contributed by atoms with Crippen LogP contribution in [0.5, 0.6) is 0 Å². The Hall–Kier alpha value is -2.71. The molecular formula is C25H29N3O4S. The molecule has 0 unspecified atom stereocenters. The Morgan fingerprint density at radius 1 is 0.939 bits per heavy atom. The van der Waals surface area contributed by atoms with Gasteiger partial charge in [0.05, 0.1) is 4.90 Å². The van der Waals surface area contributed by atoms with Crippen molar-refractivity contribution in [2.75, 3.05) is 36.0 Å². The summed E-state index contributed by atoms with van der Waals surface area (Å²) < 4.78 is 28.3. The second-order valence-corrected chi connectivity index (χ2v) is 11.3. The highest BCUT2D eigenvalue weighted by Crippen LogP contribution is 2.39. The minimum absolute atomic E-state index is 0.0289. The Balaban J connectivity index is 1.29. The molecule has 33 heavy (non-hydrogen) atoms. The molecule has 0 bridgehead atoms. The average Bonchev–Trinajstić information content (AvgIpc) is 3.60. The monoisotopic (exact) mass is 467 g/mol. The molecule has 2 aromatic rings. The van der Waals surface area contributed by atoms with Crippen LogP contribution < -0.4 is 9.80 Å². The second kappa shape index (κ2) is 8.25. The molecule has 2 heterocycles. The number of benzene rings is 2. The lowest BCUT2D eigenvalue weighted by molar-refractivity contribution is -0.120. The molecule has 0 radical (unpaired) electrons. The van der Waals surface area contributed by atoms with Gasteiger partial charge >= 0.3 is 0 Å². The van der Waals surface area contributed by atoms with Crippen LogP contribution in [0.4, 0.5) is 11.4 Å². The number of amides is 1. The lowest BCUT2D eigenvalue weighted by Gasteiger charge is -2.35. The van der Waals surface area contributed by atoms with E-state index in [-0.39, 0.29) is 23.7 Å². The standard InChI is InChI=1S/C25H29N3O4S/c1-17-15-21-16-23(9-10-24(21)28(17)25(30)20-3-4-20)33(31,32)27-13-11-26(12-14-27)22-7-5-19(6-8-22)18(2)29/h5-10,16-17,20H,3-4,11-15H2,1-2H3/t17-/m0/s1. The van der Waals surface area contributed by atoms with Gasteiger partial charge in [0.15, 0.2) is 5.78 Å². The molecule has 1 atom stereocenters. The van der Waals surface area contributed by atoms with Gasteiger partial charge in [-0.1, -0.05) is 0 Å². The third kappa shape index (κ3) is 4.06. The molecule has 2 aromatic carbocycles. The third-order valence-corrected chi connectivity index (χ3v) is 8.84. The van der Waals surface area contributed by atoms with E-state index >= 15 is 0 Å². The minimum atomic E-state index is -3.61. The van der Waals surface area contributed by atoms with Crippen molar-refractivity contribution < 1.29 is 18.0 Å². The average molecular weight is 468 g/mol. The van der Waals surface area contributed by atoms with E-state index in [1.807, 2.05) is 36.1 Å². The zero-order valence-electron chi connectivity index (χ0n) is 19.0. The van der Waals surface area contributed by atoms with Crippen LogP contribution in [0.15, 0.2) is 47.4 Å². The Bertz CT molecular complexity index is 1200. The minimum Gasteiger partial charge on any atom is -0.369 e. The van der Waals surface area contributed by atoms with Crippen molar-refractivity contribution in [3.8, 4) is 0 Å². The topological polar surface area (TPSA) is 78.0 Å². The maximum atomic E-state index is 13.4. The fourth-order valence-corrected chi connectivity index (χ4v) is 6.35. The van der Waals surface area contributed by atoms with E-state index in [9.17, 15) is 18.0 Å². The highest BCUT2D eigenvalue weighted by molar-refractivity contribution is 7.89. The predicted octanol–water partition coefficient (Wildman–Crippen LogP) is 3.09. The van der Waals surface area contributed by atoms with Crippen molar-refractivity contribution in [2.24, 2.45) is 5.92 Å². The van der Waals surface area contributed by atoms with E-state index in [1.54, 1.807) is 29.4 Å². The number of fused-ring (bicyclic) bond motifs is 1. The Labute approximate surface area is 195 Å². The van der Waals surface area contributed by atoms with E-state index in [0.717, 1.165) is 29.8 Å². The highest BCUT2D eigenvalue weighted by Gasteiger charge is 2.40. The molecule has 1 saturated carbocycles. The van der Waals surface area contributed by atoms with Gasteiger partial charge in [-0.25, -0.2) is 8.42 Å². The van der Waals surface area contributed by atoms with E-state index in [2.05, 4.69) is 4.90 Å². The molecule has 1 amide bonds. The Morgan fingerprint density at radius 2 is 1.61 bits per heavy atom. The first kappa shape index (κ1) is 22.1. The summed E-state index contributed by atoms with van der Waals surface area (Å²) in [6.45, 7) is 5.54. The number of sulfonamides is 1. The summed E-state index contributed by atoms with van der Waals surface area (Å²) in [5.41, 5.74) is 3.45. The van der Waals surface area contributed by atoms with Crippen LogP contribution in [0.3, 0.4) is 0 Å². The van der Waals surface area contributed by atoms with Gasteiger partial charge in [0.25, 0.3) is 0 Å². The van der Waals surface area contributed by atoms with Crippen LogP contribution in [0.25, 0.3) is 0 Å². The number of hydrogen-bond donors (Lipinski definition) is 0. The fraction of sp³-hybridized carbons (Fsp3) is 0.440. The molecule has 1 saturated heterocycles. The van der Waals surface area contributed by atoms with Gasteiger partial charge in [-0.15, -0.1) is 0 Å². The maximum Gasteiger partial charge on any atom is 0.243 e. The number of ketones is 1. The number of piperazine rings is 1. The van der Waals surface area contributed by atoms with Crippen molar-refractivity contribution in [3.63, 3.8) is 0 Å². The summed E-state index contributed by atoms with van der Waals surface area (Å²) in [7, 11) is -3.61. The van der Waals surface area contributed by atoms with Crippen LogP contribution in [-0.2, 0) is 21.2 Å². The quantitative estimate of drug-likeness (QED) is 0.632. The smallest absolute Gasteiger partial charge is 0.243 e. The lowest BCUT2D eigenvalue weighted by Crippen LogP contribution is -2.48. The number of Topliss-reactive ketones (excluding diaryl/α,β-unsaturated/α-hetero) is 1. The van der Waals surface area contributed by atoms with Gasteiger partial charge < -0.3 is 9.80 Å². The van der Waals surface area contributed by atoms with Gasteiger partial charge in [0.1, 0.15) is 0 Å². The normalized spacial score (nSPS) is 21.2. The number of carbonyl (C=O) groups excluding carboxylic acids is 2. The van der Waals surface area contributed by atoms with E-state index in [1.165, 1.54) is 0 Å². The molecular weight excluding hydrogens is 438 g/mol. The van der Waals surface area contributed by atoms with E-state index in [4.69, 9.17) is 0 Å². The van der Waals surface area contributed by atoms with Crippen LogP contribution in [0.1, 0.15) is 42.6 Å². The Kier molecular flexibility index (Phi) is 5.53. The Morgan fingerprint density at radius 3 is 2.21 bits per heavy atom. The highest BCUT2D eigenvalue weighted by atomic mass is 32.2. The van der Waals surface area contributed by atoms with Gasteiger partial charge in [0, 0.05) is 55.1 Å². The van der Waals surface area contributed by atoms with Crippen LogP contribution in [0, 0.1) is 5.92 Å². The van der Waals surface area contributed by atoms with E-state index < -0.39 is 10.0 Å². The molecule has 8 heteroatoms. The molecule has 2 aliphatic heterocycles. The summed E-state index contributed by atoms with van der Waals surface area (Å²) >= 11 is 0. The summed E-state index contributed by atoms with van der Waals surface area (Å²) in [5.74, 6) is 0.335. The maximum absolute atomic E-state index is 13.4. The molecule has 0 spiro atoms. The van der Waals surface area contributed by atoms with Crippen molar-refractivity contribution in [1.29, 1.82) is 0 Å². The molecule has 5 rings (SSSR count). The number of carbonyl (C=O) groups is 2. The van der Waals surface area contributed by atoms with Crippen molar-refractivity contribution in [2.45, 2.75) is 44.0 Å². The second-order valence-electron chi connectivity index (χ2n) is 9.32. The van der Waals surface area contributed by atoms with Gasteiger partial charge in [0.2, 0.25) is 15.9 Å². The summed E-state index contributed by atoms with van der Waals surface area (Å²) in [6.07, 6.45) is 2.59. The summed E-state index contributed by atoms with van der Waals surface area (Å²) in [6, 6.07) is 12.7. The van der Waals surface area contributed by atoms with Gasteiger partial charge in [-0.3, -0.25) is 9.59 Å². The molecule has 7 nitrogen and oxygen atoms in total. The zero-order valence-corrected chi connectivity index (χ0v) is 19.8. The lowest BCUT2D eigenvalue weighted by atomic mass is 10.1. The largest absolute Gasteiger partial charge is 0.369 e. The van der Waals surface area contributed by atoms with Crippen molar-refractivity contribution >= 4 is 33.1 Å². The van der Waals surface area contributed by atoms with E-state index in [0.29, 0.717) is 43.1 Å². The SMILES string of the molecule is CC(=O)c1ccc(N2CCN(S(=O)(=O)c3ccc4c(c3)C[C@H](C)N4C(=O)C3CC3)CC2)cc1. The van der Waals surface area contributed by atoms with Crippen molar-refractivity contribution in [3.05, 3.63) is 53.6 Å². The first-order valence-corrected chi connectivity index (χ1v) is 13.0. The number of hydrogen-bond acceptors (Lipinski definition) is 5. The van der Waals surface area contributed by atoms with Gasteiger partial charge in [-0.2, -0.15) is 4.31 Å². The summed E-state index contributed by atoms with van der Waals surface area (Å²) in [5, 5.41) is 0. The predicted molar refractivity (Wildman–Crippen MR) is 127 cm³/mol. The van der Waals surface area contributed by atoms with Crippen LogP contribution >= 0.6 is 0 Å². The van der Waals surface area contributed by atoms with Crippen molar-refractivity contribution in [1.82, 2.24) is 4.31 Å². The first-order valence-electron chi connectivity index (χ1n) is 11.6. The molecule has 2 fully saturated rings. The summed E-state index contributed by atoms with van der Waals surface area (Å²) in [4.78, 5) is 28.5. The molecule has 3 aliphatic rings. The molecule has 0 aromatic heterocycles. The number of nitrogens with zero attached hydrogens (tertiary/aromatic N) is 3.